The van der Waals surface area contributed by atoms with Crippen molar-refractivity contribution in [1.82, 2.24) is 0 Å². The molecule has 0 heterocycles. The first-order valence-corrected chi connectivity index (χ1v) is 6.31. The maximum atomic E-state index is 11.6. The number of nitriles is 1. The molecule has 3 heteroatoms. The third-order valence-corrected chi connectivity index (χ3v) is 3.20. The lowest BCUT2D eigenvalue weighted by Gasteiger charge is -2.11. The zero-order valence-corrected chi connectivity index (χ0v) is 11.7. The molecule has 0 fully saturated rings. The minimum atomic E-state index is -0.0895. The van der Waals surface area contributed by atoms with Crippen LogP contribution >= 0.6 is 0 Å². The smallest absolute Gasteiger partial charge is 0.163 e. The topological polar surface area (TPSA) is 50.1 Å². The Labute approximate surface area is 118 Å². The van der Waals surface area contributed by atoms with E-state index in [-0.39, 0.29) is 5.78 Å². The Balaban J connectivity index is 2.43. The molecule has 0 amide bonds. The Morgan fingerprint density at radius 2 is 1.85 bits per heavy atom. The summed E-state index contributed by atoms with van der Waals surface area (Å²) in [5.41, 5.74) is 3.23. The number of ketones is 1. The van der Waals surface area contributed by atoms with Gasteiger partial charge in [0.25, 0.3) is 0 Å². The fourth-order valence-corrected chi connectivity index (χ4v) is 1.87. The van der Waals surface area contributed by atoms with Crippen LogP contribution in [0.1, 0.15) is 34.0 Å². The fraction of sp³-hybridized carbons (Fsp3) is 0.176. The zero-order valence-electron chi connectivity index (χ0n) is 11.7. The maximum absolute atomic E-state index is 11.6. The van der Waals surface area contributed by atoms with Crippen LogP contribution in [0.2, 0.25) is 0 Å². The van der Waals surface area contributed by atoms with Gasteiger partial charge in [0, 0.05) is 0 Å². The lowest BCUT2D eigenvalue weighted by atomic mass is 10.1. The van der Waals surface area contributed by atoms with Crippen LogP contribution in [0.3, 0.4) is 0 Å². The minimum Gasteiger partial charge on any atom is -0.457 e. The highest BCUT2D eigenvalue weighted by Gasteiger charge is 2.11. The molecule has 0 aliphatic rings. The third kappa shape index (κ3) is 2.86. The van der Waals surface area contributed by atoms with Gasteiger partial charge in [0.05, 0.1) is 17.2 Å². The first-order chi connectivity index (χ1) is 9.51. The number of hydrogen-bond donors (Lipinski definition) is 0. The van der Waals surface area contributed by atoms with Crippen molar-refractivity contribution in [2.45, 2.75) is 20.8 Å². The zero-order chi connectivity index (χ0) is 14.7. The van der Waals surface area contributed by atoms with Crippen LogP contribution in [0.5, 0.6) is 11.5 Å². The molecule has 2 rings (SSSR count). The van der Waals surface area contributed by atoms with Crippen LogP contribution < -0.4 is 4.74 Å². The largest absolute Gasteiger partial charge is 0.457 e. The molecule has 0 saturated heterocycles. The molecule has 0 radical (unpaired) electrons. The van der Waals surface area contributed by atoms with E-state index in [1.165, 1.54) is 12.5 Å². The molecule has 20 heavy (non-hydrogen) atoms. The Morgan fingerprint density at radius 1 is 1.10 bits per heavy atom. The number of carbonyl (C=O) groups excluding carboxylic acids is 1. The van der Waals surface area contributed by atoms with E-state index in [2.05, 4.69) is 0 Å². The van der Waals surface area contributed by atoms with Gasteiger partial charge in [-0.15, -0.1) is 0 Å². The van der Waals surface area contributed by atoms with Gasteiger partial charge in [-0.25, -0.2) is 0 Å². The summed E-state index contributed by atoms with van der Waals surface area (Å²) >= 11 is 0. The normalized spacial score (nSPS) is 9.90. The van der Waals surface area contributed by atoms with E-state index in [9.17, 15) is 4.79 Å². The van der Waals surface area contributed by atoms with Crippen LogP contribution in [0, 0.1) is 25.2 Å². The maximum Gasteiger partial charge on any atom is 0.163 e. The van der Waals surface area contributed by atoms with Crippen LogP contribution in [-0.4, -0.2) is 5.78 Å². The Bertz CT molecular complexity index is 711. The number of rotatable bonds is 3. The van der Waals surface area contributed by atoms with Crippen molar-refractivity contribution < 1.29 is 9.53 Å². The second-order valence-electron chi connectivity index (χ2n) is 4.73. The lowest BCUT2D eigenvalue weighted by molar-refractivity contribution is 0.101. The predicted octanol–water partition coefficient (Wildman–Crippen LogP) is 4.17. The van der Waals surface area contributed by atoms with Gasteiger partial charge in [-0.05, 0) is 62.2 Å². The molecule has 0 bridgehead atoms. The molecule has 2 aromatic rings. The molecule has 2 aromatic carbocycles. The van der Waals surface area contributed by atoms with Gasteiger partial charge in [-0.2, -0.15) is 5.26 Å². The second-order valence-corrected chi connectivity index (χ2v) is 4.73. The molecular formula is C17H15NO2. The van der Waals surface area contributed by atoms with Crippen LogP contribution in [-0.2, 0) is 0 Å². The highest BCUT2D eigenvalue weighted by atomic mass is 16.5. The van der Waals surface area contributed by atoms with Gasteiger partial charge < -0.3 is 4.74 Å². The molecule has 0 atom stereocenters. The van der Waals surface area contributed by atoms with E-state index in [0.29, 0.717) is 22.6 Å². The monoisotopic (exact) mass is 265 g/mol. The van der Waals surface area contributed by atoms with E-state index < -0.39 is 0 Å². The highest BCUT2D eigenvalue weighted by Crippen LogP contribution is 2.28. The Morgan fingerprint density at radius 3 is 2.45 bits per heavy atom. The van der Waals surface area contributed by atoms with Crippen LogP contribution in [0.15, 0.2) is 36.4 Å². The van der Waals surface area contributed by atoms with Crippen molar-refractivity contribution in [2.24, 2.45) is 0 Å². The molecule has 100 valence electrons. The summed E-state index contributed by atoms with van der Waals surface area (Å²) in [5, 5.41) is 8.95. The van der Waals surface area contributed by atoms with Crippen molar-refractivity contribution >= 4 is 5.78 Å². The average molecular weight is 265 g/mol. The summed E-state index contributed by atoms with van der Waals surface area (Å²) < 4.78 is 5.78. The summed E-state index contributed by atoms with van der Waals surface area (Å²) in [7, 11) is 0. The second kappa shape index (κ2) is 5.58. The number of benzene rings is 2. The first-order valence-electron chi connectivity index (χ1n) is 6.31. The predicted molar refractivity (Wildman–Crippen MR) is 77.2 cm³/mol. The molecule has 3 nitrogen and oxygen atoms in total. The van der Waals surface area contributed by atoms with Crippen molar-refractivity contribution in [1.29, 1.82) is 5.26 Å². The number of aryl methyl sites for hydroxylation is 2. The molecule has 0 aromatic heterocycles. The molecule has 0 spiro atoms. The Kier molecular flexibility index (Phi) is 3.86. The van der Waals surface area contributed by atoms with E-state index in [1.54, 1.807) is 18.2 Å². The molecular weight excluding hydrogens is 250 g/mol. The molecule has 0 aliphatic carbocycles. The lowest BCUT2D eigenvalue weighted by Crippen LogP contribution is -1.98. The molecule has 0 aliphatic heterocycles. The van der Waals surface area contributed by atoms with Crippen molar-refractivity contribution in [3.8, 4) is 17.6 Å². The van der Waals surface area contributed by atoms with Crippen LogP contribution in [0.4, 0.5) is 0 Å². The average Bonchev–Trinajstić information content (AvgIpc) is 2.42. The van der Waals surface area contributed by atoms with Crippen molar-refractivity contribution in [3.63, 3.8) is 0 Å². The minimum absolute atomic E-state index is 0.0895. The quantitative estimate of drug-likeness (QED) is 0.782. The van der Waals surface area contributed by atoms with E-state index in [1.807, 2.05) is 38.1 Å². The molecule has 0 N–H and O–H groups in total. The summed E-state index contributed by atoms with van der Waals surface area (Å²) in [4.78, 5) is 11.6. The van der Waals surface area contributed by atoms with E-state index in [0.717, 1.165) is 5.56 Å². The number of hydrogen-bond acceptors (Lipinski definition) is 3. The van der Waals surface area contributed by atoms with E-state index >= 15 is 0 Å². The molecule has 0 saturated carbocycles. The van der Waals surface area contributed by atoms with Crippen LogP contribution in [0.25, 0.3) is 0 Å². The Hall–Kier alpha value is -2.60. The number of carbonyl (C=O) groups is 1. The van der Waals surface area contributed by atoms with Gasteiger partial charge in [-0.3, -0.25) is 4.79 Å². The molecule has 0 unspecified atom stereocenters. The fourth-order valence-electron chi connectivity index (χ4n) is 1.87. The van der Waals surface area contributed by atoms with Gasteiger partial charge >= 0.3 is 0 Å². The number of ether oxygens (including phenoxy) is 1. The van der Waals surface area contributed by atoms with Gasteiger partial charge in [0.1, 0.15) is 11.5 Å². The summed E-state index contributed by atoms with van der Waals surface area (Å²) in [5.74, 6) is 0.985. The highest BCUT2D eigenvalue weighted by molar-refractivity contribution is 5.97. The third-order valence-electron chi connectivity index (χ3n) is 3.20. The van der Waals surface area contributed by atoms with Crippen molar-refractivity contribution in [2.75, 3.05) is 0 Å². The van der Waals surface area contributed by atoms with Gasteiger partial charge in [0.2, 0.25) is 0 Å². The SMILES string of the molecule is CC(=O)c1ccc(C#N)cc1Oc1ccc(C)c(C)c1. The summed E-state index contributed by atoms with van der Waals surface area (Å²) in [6.07, 6.45) is 0. The summed E-state index contributed by atoms with van der Waals surface area (Å²) in [6.45, 7) is 5.50. The van der Waals surface area contributed by atoms with E-state index in [4.69, 9.17) is 10.00 Å². The first kappa shape index (κ1) is 13.8. The van der Waals surface area contributed by atoms with Gasteiger partial charge in [0.15, 0.2) is 5.78 Å². The number of nitrogens with zero attached hydrogens (tertiary/aromatic N) is 1. The van der Waals surface area contributed by atoms with Crippen molar-refractivity contribution in [3.05, 3.63) is 58.7 Å². The number of Topliss-reactive ketones (excluding diaryl/α,β-unsaturated/α-hetero) is 1. The summed E-state index contributed by atoms with van der Waals surface area (Å²) in [6, 6.07) is 12.6. The van der Waals surface area contributed by atoms with Gasteiger partial charge in [-0.1, -0.05) is 6.07 Å². The standard InChI is InChI=1S/C17H15NO2/c1-11-4-6-15(8-12(11)2)20-17-9-14(10-18)5-7-16(17)13(3)19/h4-9H,1-3H3.